The van der Waals surface area contributed by atoms with Crippen LogP contribution in [0, 0.1) is 40.1 Å². The molecule has 0 fully saturated rings. The number of pyridine rings is 1. The minimum Gasteiger partial charge on any atom is -0.394 e. The van der Waals surface area contributed by atoms with Crippen LogP contribution in [0.5, 0.6) is 0 Å². The molecule has 1 aliphatic rings. The van der Waals surface area contributed by atoms with Crippen molar-refractivity contribution in [2.75, 3.05) is 5.73 Å². The van der Waals surface area contributed by atoms with Crippen molar-refractivity contribution >= 4 is 46.8 Å². The summed E-state index contributed by atoms with van der Waals surface area (Å²) in [4.78, 5) is 4.90. The van der Waals surface area contributed by atoms with E-state index in [-0.39, 0.29) is 5.56 Å². The lowest BCUT2D eigenvalue weighted by molar-refractivity contribution is 0.549. The Morgan fingerprint density at radius 2 is 1.53 bits per heavy atom. The van der Waals surface area contributed by atoms with Crippen LogP contribution in [0.15, 0.2) is 77.2 Å². The first-order valence-electron chi connectivity index (χ1n) is 12.9. The van der Waals surface area contributed by atoms with Gasteiger partial charge in [-0.1, -0.05) is 54.6 Å². The minimum atomic E-state index is -1.46. The molecule has 0 saturated carbocycles. The van der Waals surface area contributed by atoms with E-state index in [4.69, 9.17) is 16.5 Å². The molecule has 1 aromatic heterocycles. The third kappa shape index (κ3) is 4.41. The molecule has 0 amide bonds. The SMILES string of the molecule is N#Cc1ccc(-c2nc3cc(-c4c(F)c(N)c(F)c(C#N)c4F)ccc3c3c2C=C(c2ccccc2)C(=NS)C3N)cc1. The van der Waals surface area contributed by atoms with Crippen LogP contribution < -0.4 is 11.5 Å². The van der Waals surface area contributed by atoms with Crippen LogP contribution in [0.2, 0.25) is 0 Å². The Bertz CT molecular complexity index is 2110. The van der Waals surface area contributed by atoms with Crippen LogP contribution in [0.4, 0.5) is 18.9 Å². The maximum atomic E-state index is 15.3. The number of halogens is 3. The molecule has 1 atom stereocenters. The van der Waals surface area contributed by atoms with Gasteiger partial charge < -0.3 is 11.5 Å². The minimum absolute atomic E-state index is 0.00286. The second-order valence-corrected chi connectivity index (χ2v) is 10.0. The van der Waals surface area contributed by atoms with Crippen molar-refractivity contribution in [2.45, 2.75) is 6.04 Å². The number of nitriles is 2. The van der Waals surface area contributed by atoms with Gasteiger partial charge in [-0.3, -0.25) is 0 Å². The number of aromatic nitrogens is 1. The molecule has 0 aliphatic heterocycles. The molecule has 0 bridgehead atoms. The predicted octanol–water partition coefficient (Wildman–Crippen LogP) is 7.15. The number of hydrogen-bond acceptors (Lipinski definition) is 7. The molecule has 0 saturated heterocycles. The topological polar surface area (TPSA) is 125 Å². The van der Waals surface area contributed by atoms with E-state index in [9.17, 15) is 14.9 Å². The molecular weight excluding hydrogens is 569 g/mol. The summed E-state index contributed by atoms with van der Waals surface area (Å²) >= 11 is 4.23. The van der Waals surface area contributed by atoms with E-state index >= 15 is 8.78 Å². The highest BCUT2D eigenvalue weighted by Gasteiger charge is 2.31. The summed E-state index contributed by atoms with van der Waals surface area (Å²) in [5.74, 6) is -4.15. The van der Waals surface area contributed by atoms with E-state index in [0.29, 0.717) is 44.6 Å². The Balaban J connectivity index is 1.69. The second-order valence-electron chi connectivity index (χ2n) is 9.81. The number of nitrogens with zero attached hydrogens (tertiary/aromatic N) is 4. The van der Waals surface area contributed by atoms with Crippen LogP contribution in [-0.4, -0.2) is 10.7 Å². The summed E-state index contributed by atoms with van der Waals surface area (Å²) in [6, 6.07) is 23.6. The number of nitrogens with two attached hydrogens (primary N) is 2. The van der Waals surface area contributed by atoms with Crippen LogP contribution >= 0.6 is 12.8 Å². The number of rotatable bonds is 3. The van der Waals surface area contributed by atoms with Crippen molar-refractivity contribution in [2.24, 2.45) is 10.1 Å². The number of thiol groups is 1. The molecule has 6 nitrogen and oxygen atoms in total. The van der Waals surface area contributed by atoms with Gasteiger partial charge in [-0.2, -0.15) is 10.5 Å². The molecule has 0 radical (unpaired) electrons. The molecule has 4 N–H and O–H groups in total. The maximum absolute atomic E-state index is 15.3. The van der Waals surface area contributed by atoms with E-state index in [1.165, 1.54) is 18.2 Å². The second kappa shape index (κ2) is 10.8. The Hall–Kier alpha value is -5.42. The standard InChI is InChI=1S/C33H19F3N6S/c34-27-23(15-38)28(35)31(40)29(36)25(27)19-10-11-20-24(12-19)41-32(18-8-6-16(14-37)7-9-18)22-13-21(17-4-2-1-3-5-17)33(42-43)30(39)26(20)22/h1-13,30,43H,39-40H2. The van der Waals surface area contributed by atoms with Gasteiger partial charge in [0.2, 0.25) is 0 Å². The van der Waals surface area contributed by atoms with Crippen molar-refractivity contribution in [1.29, 1.82) is 10.5 Å². The van der Waals surface area contributed by atoms with Crippen LogP contribution in [0.3, 0.4) is 0 Å². The number of nitrogen functional groups attached to an aromatic ring is 1. The van der Waals surface area contributed by atoms with Crippen molar-refractivity contribution in [3.05, 3.63) is 118 Å². The summed E-state index contributed by atoms with van der Waals surface area (Å²) < 4.78 is 49.0. The zero-order valence-electron chi connectivity index (χ0n) is 22.1. The fourth-order valence-corrected chi connectivity index (χ4v) is 5.62. The smallest absolute Gasteiger partial charge is 0.169 e. The summed E-state index contributed by atoms with van der Waals surface area (Å²) in [5.41, 5.74) is 15.2. The highest BCUT2D eigenvalue weighted by atomic mass is 32.1. The highest BCUT2D eigenvalue weighted by Crippen LogP contribution is 2.43. The lowest BCUT2D eigenvalue weighted by Gasteiger charge is -2.28. The molecule has 43 heavy (non-hydrogen) atoms. The molecular formula is C33H19F3N6S. The van der Waals surface area contributed by atoms with E-state index in [2.05, 4.69) is 23.3 Å². The Kier molecular flexibility index (Phi) is 6.95. The van der Waals surface area contributed by atoms with Crippen molar-refractivity contribution in [1.82, 2.24) is 4.98 Å². The number of benzene rings is 4. The molecule has 1 aliphatic carbocycles. The quantitative estimate of drug-likeness (QED) is 0.152. The van der Waals surface area contributed by atoms with Gasteiger partial charge in [0.05, 0.1) is 40.2 Å². The van der Waals surface area contributed by atoms with Crippen LogP contribution in [0.1, 0.15) is 33.9 Å². The van der Waals surface area contributed by atoms with Gasteiger partial charge in [-0.15, -0.1) is 0 Å². The van der Waals surface area contributed by atoms with Crippen molar-refractivity contribution < 1.29 is 13.2 Å². The first kappa shape index (κ1) is 27.7. The largest absolute Gasteiger partial charge is 0.394 e. The average Bonchev–Trinajstić information content (AvgIpc) is 3.03. The molecule has 1 unspecified atom stereocenters. The number of hydrogen-bond donors (Lipinski definition) is 3. The summed E-state index contributed by atoms with van der Waals surface area (Å²) in [6.07, 6.45) is 1.93. The van der Waals surface area contributed by atoms with Gasteiger partial charge in [0.1, 0.15) is 17.3 Å². The summed E-state index contributed by atoms with van der Waals surface area (Å²) in [7, 11) is 0. The van der Waals surface area contributed by atoms with Crippen molar-refractivity contribution in [3.63, 3.8) is 0 Å². The molecule has 5 aromatic rings. The van der Waals surface area contributed by atoms with Gasteiger partial charge in [0, 0.05) is 22.1 Å². The highest BCUT2D eigenvalue weighted by molar-refractivity contribution is 7.79. The van der Waals surface area contributed by atoms with Crippen LogP contribution in [-0.2, 0) is 0 Å². The lowest BCUT2D eigenvalue weighted by atomic mass is 9.80. The molecule has 6 rings (SSSR count). The van der Waals surface area contributed by atoms with Gasteiger partial charge in [-0.05, 0) is 53.8 Å². The summed E-state index contributed by atoms with van der Waals surface area (Å²) in [5, 5.41) is 19.2. The maximum Gasteiger partial charge on any atom is 0.169 e. The van der Waals surface area contributed by atoms with Crippen molar-refractivity contribution in [3.8, 4) is 34.5 Å². The fraction of sp³-hybridized carbons (Fsp3) is 0.0303. The first-order chi connectivity index (χ1) is 20.8. The average molecular weight is 589 g/mol. The Labute approximate surface area is 249 Å². The fourth-order valence-electron chi connectivity index (χ4n) is 5.39. The zero-order chi connectivity index (χ0) is 30.4. The predicted molar refractivity (Wildman–Crippen MR) is 164 cm³/mol. The molecule has 208 valence electrons. The van der Waals surface area contributed by atoms with E-state index in [1.54, 1.807) is 30.3 Å². The Morgan fingerprint density at radius 3 is 2.19 bits per heavy atom. The Morgan fingerprint density at radius 1 is 0.837 bits per heavy atom. The molecule has 0 spiro atoms. The van der Waals surface area contributed by atoms with Crippen LogP contribution in [0.25, 0.3) is 44.9 Å². The van der Waals surface area contributed by atoms with Gasteiger partial charge in [0.25, 0.3) is 0 Å². The third-order valence-electron chi connectivity index (χ3n) is 7.47. The molecule has 4 aromatic carbocycles. The van der Waals surface area contributed by atoms with E-state index in [1.807, 2.05) is 36.4 Å². The number of anilines is 1. The lowest BCUT2D eigenvalue weighted by Crippen LogP contribution is -2.27. The zero-order valence-corrected chi connectivity index (χ0v) is 23.0. The molecule has 10 heteroatoms. The monoisotopic (exact) mass is 588 g/mol. The van der Waals surface area contributed by atoms with Gasteiger partial charge in [-0.25, -0.2) is 22.6 Å². The first-order valence-corrected chi connectivity index (χ1v) is 13.3. The third-order valence-corrected chi connectivity index (χ3v) is 7.68. The molecule has 1 heterocycles. The normalized spacial score (nSPS) is 15.1. The number of fused-ring (bicyclic) bond motifs is 3. The van der Waals surface area contributed by atoms with E-state index < -0.39 is 40.3 Å². The van der Waals surface area contributed by atoms with Gasteiger partial charge in [0.15, 0.2) is 17.5 Å². The van der Waals surface area contributed by atoms with Gasteiger partial charge >= 0.3 is 0 Å². The van der Waals surface area contributed by atoms with E-state index in [0.717, 1.165) is 11.1 Å². The summed E-state index contributed by atoms with van der Waals surface area (Å²) in [6.45, 7) is 0.